The van der Waals surface area contributed by atoms with Crippen LogP contribution in [-0.4, -0.2) is 52.2 Å². The van der Waals surface area contributed by atoms with E-state index >= 15 is 0 Å². The molecule has 0 atom stereocenters. The molecule has 2 saturated carbocycles. The predicted octanol–water partition coefficient (Wildman–Crippen LogP) is 2.46. The number of fused-ring (bicyclic) bond motifs is 1. The smallest absolute Gasteiger partial charge is 0.227 e. The van der Waals surface area contributed by atoms with E-state index in [4.69, 9.17) is 15.0 Å². The van der Waals surface area contributed by atoms with E-state index < -0.39 is 0 Å². The second kappa shape index (κ2) is 6.50. The Bertz CT molecular complexity index is 769. The van der Waals surface area contributed by atoms with E-state index in [1.54, 1.807) is 0 Å². The summed E-state index contributed by atoms with van der Waals surface area (Å²) < 4.78 is 0. The van der Waals surface area contributed by atoms with Crippen LogP contribution in [0, 0.1) is 0 Å². The molecule has 8 nitrogen and oxygen atoms in total. The average molecular weight is 342 g/mol. The highest BCUT2D eigenvalue weighted by Crippen LogP contribution is 2.33. The summed E-state index contributed by atoms with van der Waals surface area (Å²) in [4.78, 5) is 20.9. The van der Waals surface area contributed by atoms with Gasteiger partial charge in [0.2, 0.25) is 11.9 Å². The molecule has 0 unspecified atom stereocenters. The number of nitrogens with one attached hydrogen (secondary N) is 3. The van der Waals surface area contributed by atoms with E-state index in [9.17, 15) is 0 Å². The molecule has 134 valence electrons. The Morgan fingerprint density at radius 1 is 0.880 bits per heavy atom. The minimum atomic E-state index is 0.495. The van der Waals surface area contributed by atoms with Crippen molar-refractivity contribution in [3.8, 4) is 0 Å². The first kappa shape index (κ1) is 16.1. The van der Waals surface area contributed by atoms with Crippen LogP contribution in [0.4, 0.5) is 23.5 Å². The van der Waals surface area contributed by atoms with Crippen LogP contribution in [0.1, 0.15) is 39.5 Å². The SMILES string of the molecule is CCNc1nc(NC2CC2)c2nc(N(C)CC)nc(NC3CC3)c2n1. The van der Waals surface area contributed by atoms with Crippen molar-refractivity contribution in [3.63, 3.8) is 0 Å². The molecule has 0 saturated heterocycles. The standard InChI is InChI=1S/C17H26N8/c1-4-18-16-21-12-13(14(23-16)19-10-6-7-10)22-17(25(3)5-2)24-15(12)20-11-8-9-11/h10-11H,4-9H2,1-3H3,(H,20,22,24)(H2,18,19,21,23). The number of nitrogens with zero attached hydrogens (tertiary/aromatic N) is 5. The monoisotopic (exact) mass is 342 g/mol. The van der Waals surface area contributed by atoms with Crippen molar-refractivity contribution in [2.75, 3.05) is 41.0 Å². The van der Waals surface area contributed by atoms with Crippen LogP contribution in [0.2, 0.25) is 0 Å². The van der Waals surface area contributed by atoms with Gasteiger partial charge >= 0.3 is 0 Å². The van der Waals surface area contributed by atoms with Gasteiger partial charge in [0.15, 0.2) is 11.6 Å². The maximum absolute atomic E-state index is 4.78. The van der Waals surface area contributed by atoms with Crippen LogP contribution in [0.25, 0.3) is 11.0 Å². The van der Waals surface area contributed by atoms with Crippen LogP contribution in [0.5, 0.6) is 0 Å². The summed E-state index contributed by atoms with van der Waals surface area (Å²) in [6, 6.07) is 0.991. The van der Waals surface area contributed by atoms with Crippen LogP contribution >= 0.6 is 0 Å². The van der Waals surface area contributed by atoms with Gasteiger partial charge in [0.05, 0.1) is 0 Å². The van der Waals surface area contributed by atoms with Crippen molar-refractivity contribution in [1.82, 2.24) is 19.9 Å². The maximum Gasteiger partial charge on any atom is 0.227 e. The third-order valence-corrected chi connectivity index (χ3v) is 4.52. The fourth-order valence-electron chi connectivity index (χ4n) is 2.60. The Morgan fingerprint density at radius 3 is 2.04 bits per heavy atom. The molecule has 2 heterocycles. The summed E-state index contributed by atoms with van der Waals surface area (Å²) in [5.74, 6) is 2.94. The van der Waals surface area contributed by atoms with Crippen LogP contribution < -0.4 is 20.9 Å². The molecule has 0 amide bonds. The van der Waals surface area contributed by atoms with Crippen LogP contribution in [0.15, 0.2) is 0 Å². The topological polar surface area (TPSA) is 90.9 Å². The molecule has 4 rings (SSSR count). The largest absolute Gasteiger partial charge is 0.365 e. The second-order valence-electron chi connectivity index (χ2n) is 6.85. The van der Waals surface area contributed by atoms with Gasteiger partial charge in [0.1, 0.15) is 11.0 Å². The second-order valence-corrected chi connectivity index (χ2v) is 6.85. The lowest BCUT2D eigenvalue weighted by Crippen LogP contribution is -2.20. The molecular weight excluding hydrogens is 316 g/mol. The molecule has 0 radical (unpaired) electrons. The number of rotatable bonds is 8. The van der Waals surface area contributed by atoms with Crippen molar-refractivity contribution in [3.05, 3.63) is 0 Å². The molecule has 3 N–H and O–H groups in total. The Labute approximate surface area is 147 Å². The minimum absolute atomic E-state index is 0.495. The molecule has 2 aliphatic carbocycles. The van der Waals surface area contributed by atoms with Crippen molar-refractivity contribution in [2.24, 2.45) is 0 Å². The van der Waals surface area contributed by atoms with Gasteiger partial charge in [0, 0.05) is 32.2 Å². The van der Waals surface area contributed by atoms with Crippen molar-refractivity contribution >= 4 is 34.6 Å². The predicted molar refractivity (Wildman–Crippen MR) is 102 cm³/mol. The highest BCUT2D eigenvalue weighted by molar-refractivity contribution is 5.94. The summed E-state index contributed by atoms with van der Waals surface area (Å²) in [5, 5.41) is 10.3. The Kier molecular flexibility index (Phi) is 4.19. The first-order valence-corrected chi connectivity index (χ1v) is 9.25. The molecule has 0 bridgehead atoms. The van der Waals surface area contributed by atoms with Crippen molar-refractivity contribution in [1.29, 1.82) is 0 Å². The normalized spacial score (nSPS) is 16.8. The number of anilines is 4. The third kappa shape index (κ3) is 3.52. The van der Waals surface area contributed by atoms with Crippen LogP contribution in [-0.2, 0) is 0 Å². The lowest BCUT2D eigenvalue weighted by atomic mass is 10.3. The van der Waals surface area contributed by atoms with E-state index in [0.717, 1.165) is 35.8 Å². The molecule has 2 fully saturated rings. The fraction of sp³-hybridized carbons (Fsp3) is 0.647. The third-order valence-electron chi connectivity index (χ3n) is 4.52. The van der Waals surface area contributed by atoms with E-state index in [-0.39, 0.29) is 0 Å². The summed E-state index contributed by atoms with van der Waals surface area (Å²) in [6.07, 6.45) is 4.73. The summed E-state index contributed by atoms with van der Waals surface area (Å²) in [6.45, 7) is 5.75. The van der Waals surface area contributed by atoms with E-state index in [0.29, 0.717) is 24.0 Å². The highest BCUT2D eigenvalue weighted by atomic mass is 15.3. The van der Waals surface area contributed by atoms with E-state index in [1.807, 2.05) is 18.9 Å². The fourth-order valence-corrected chi connectivity index (χ4v) is 2.60. The Morgan fingerprint density at radius 2 is 1.48 bits per heavy atom. The van der Waals surface area contributed by atoms with Gasteiger partial charge in [-0.1, -0.05) is 0 Å². The van der Waals surface area contributed by atoms with Gasteiger partial charge in [-0.25, -0.2) is 9.97 Å². The molecule has 8 heteroatoms. The summed E-state index contributed by atoms with van der Waals surface area (Å²) in [5.41, 5.74) is 1.58. The zero-order valence-electron chi connectivity index (χ0n) is 15.1. The van der Waals surface area contributed by atoms with Crippen LogP contribution in [0.3, 0.4) is 0 Å². The molecule has 2 aliphatic rings. The Hall–Kier alpha value is -2.38. The first-order chi connectivity index (χ1) is 12.2. The molecular formula is C17H26N8. The van der Waals surface area contributed by atoms with Gasteiger partial charge in [-0.05, 0) is 39.5 Å². The number of hydrogen-bond donors (Lipinski definition) is 3. The highest BCUT2D eigenvalue weighted by Gasteiger charge is 2.27. The summed E-state index contributed by atoms with van der Waals surface area (Å²) >= 11 is 0. The first-order valence-electron chi connectivity index (χ1n) is 9.25. The lowest BCUT2D eigenvalue weighted by Gasteiger charge is -2.18. The van der Waals surface area contributed by atoms with E-state index in [2.05, 4.69) is 27.9 Å². The summed E-state index contributed by atoms with van der Waals surface area (Å²) in [7, 11) is 2.00. The van der Waals surface area contributed by atoms with Gasteiger partial charge in [-0.15, -0.1) is 0 Å². The quantitative estimate of drug-likeness (QED) is 0.674. The van der Waals surface area contributed by atoms with Gasteiger partial charge in [0.25, 0.3) is 0 Å². The molecule has 2 aromatic heterocycles. The molecule has 0 spiro atoms. The number of hydrogen-bond acceptors (Lipinski definition) is 8. The minimum Gasteiger partial charge on any atom is -0.365 e. The molecule has 0 aliphatic heterocycles. The average Bonchev–Trinajstić information content (AvgIpc) is 3.51. The van der Waals surface area contributed by atoms with Gasteiger partial charge in [-0.3, -0.25) is 0 Å². The number of aromatic nitrogens is 4. The van der Waals surface area contributed by atoms with Gasteiger partial charge in [-0.2, -0.15) is 9.97 Å². The van der Waals surface area contributed by atoms with Crippen molar-refractivity contribution < 1.29 is 0 Å². The maximum atomic E-state index is 4.78. The zero-order valence-corrected chi connectivity index (χ0v) is 15.1. The van der Waals surface area contributed by atoms with Crippen molar-refractivity contribution in [2.45, 2.75) is 51.6 Å². The molecule has 25 heavy (non-hydrogen) atoms. The zero-order chi connectivity index (χ0) is 17.4. The lowest BCUT2D eigenvalue weighted by molar-refractivity contribution is 0.905. The van der Waals surface area contributed by atoms with E-state index in [1.165, 1.54) is 25.7 Å². The van der Waals surface area contributed by atoms with Gasteiger partial charge < -0.3 is 20.9 Å². The molecule has 0 aromatic carbocycles. The Balaban J connectivity index is 1.86. The molecule has 2 aromatic rings.